The van der Waals surface area contributed by atoms with Crippen LogP contribution in [0.1, 0.15) is 115 Å². The van der Waals surface area contributed by atoms with Gasteiger partial charge in [0.2, 0.25) is 0 Å². The monoisotopic (exact) mass is 710 g/mol. The van der Waals surface area contributed by atoms with E-state index in [4.69, 9.17) is 21.4 Å². The van der Waals surface area contributed by atoms with Gasteiger partial charge >= 0.3 is 0 Å². The van der Waals surface area contributed by atoms with Crippen molar-refractivity contribution in [2.45, 2.75) is 128 Å². The first kappa shape index (κ1) is 42.2. The van der Waals surface area contributed by atoms with Crippen molar-refractivity contribution in [1.29, 1.82) is 0 Å². The summed E-state index contributed by atoms with van der Waals surface area (Å²) in [5.41, 5.74) is 16.2. The number of hydrogen-bond donors (Lipinski definition) is 4. The van der Waals surface area contributed by atoms with Crippen molar-refractivity contribution in [2.24, 2.45) is 11.5 Å². The number of rotatable bonds is 10. The lowest BCUT2D eigenvalue weighted by atomic mass is 9.99. The second kappa shape index (κ2) is 19.9. The summed E-state index contributed by atoms with van der Waals surface area (Å²) in [6.45, 7) is 8.89. The van der Waals surface area contributed by atoms with Crippen molar-refractivity contribution in [3.8, 4) is 0 Å². The van der Waals surface area contributed by atoms with Crippen LogP contribution in [0.15, 0.2) is 36.7 Å². The molecule has 4 aromatic rings. The highest BCUT2D eigenvalue weighted by Crippen LogP contribution is 2.28. The van der Waals surface area contributed by atoms with Crippen LogP contribution in [-0.2, 0) is 0 Å². The lowest BCUT2D eigenvalue weighted by Crippen LogP contribution is -2.22. The number of anilines is 2. The molecule has 2 aliphatic carbocycles. The molecule has 4 atom stereocenters. The molecule has 0 aromatic carbocycles. The highest BCUT2D eigenvalue weighted by Gasteiger charge is 2.24. The molecule has 2 aliphatic rings. The second-order valence-electron chi connectivity index (χ2n) is 12.2. The molecule has 4 heterocycles. The van der Waals surface area contributed by atoms with Crippen LogP contribution >= 0.6 is 54.0 Å². The molecule has 6 rings (SSSR count). The minimum Gasteiger partial charge on any atom is -0.367 e. The van der Waals surface area contributed by atoms with Gasteiger partial charge in [0.1, 0.15) is 11.6 Å². The first-order valence-electron chi connectivity index (χ1n) is 16.2. The highest BCUT2D eigenvalue weighted by atomic mass is 32.1. The maximum atomic E-state index is 6.02. The standard InChI is InChI=1S/2C16H25N5.4H2S/c2*1-3-11(4-2)14-10-16(19-13-6-5-12(17)9-13)21-15(20-14)7-8-18-21;;;;/h2*7-8,10-13,19H,3-6,9,17H2,1-2H3;4*1H2/t2*12-,13-;;;;/m00..../s1. The molecular weight excluding hydrogens is 653 g/mol. The molecule has 2 fully saturated rings. The predicted octanol–water partition coefficient (Wildman–Crippen LogP) is 6.30. The quantitative estimate of drug-likeness (QED) is 0.151. The van der Waals surface area contributed by atoms with E-state index in [2.05, 4.69) is 60.7 Å². The van der Waals surface area contributed by atoms with Crippen LogP contribution in [0, 0.1) is 0 Å². The van der Waals surface area contributed by atoms with Crippen molar-refractivity contribution in [3.05, 3.63) is 48.0 Å². The molecule has 0 unspecified atom stereocenters. The summed E-state index contributed by atoms with van der Waals surface area (Å²) in [6, 6.07) is 9.83. The van der Waals surface area contributed by atoms with Crippen molar-refractivity contribution < 1.29 is 0 Å². The van der Waals surface area contributed by atoms with Gasteiger partial charge in [-0.25, -0.2) is 9.97 Å². The van der Waals surface area contributed by atoms with Gasteiger partial charge in [-0.3, -0.25) is 0 Å². The maximum Gasteiger partial charge on any atom is 0.157 e. The van der Waals surface area contributed by atoms with Gasteiger partial charge in [0.15, 0.2) is 11.3 Å². The van der Waals surface area contributed by atoms with Crippen LogP contribution in [-0.4, -0.2) is 53.4 Å². The zero-order valence-corrected chi connectivity index (χ0v) is 31.8. The van der Waals surface area contributed by atoms with Crippen LogP contribution in [0.3, 0.4) is 0 Å². The van der Waals surface area contributed by atoms with E-state index in [-0.39, 0.29) is 54.0 Å². The Balaban J connectivity index is 0.000000423. The number of hydrogen-bond acceptors (Lipinski definition) is 8. The van der Waals surface area contributed by atoms with E-state index in [1.807, 2.05) is 33.6 Å². The summed E-state index contributed by atoms with van der Waals surface area (Å²) in [5.74, 6) is 3.12. The molecule has 10 nitrogen and oxygen atoms in total. The fourth-order valence-corrected chi connectivity index (χ4v) is 6.62. The Morgan fingerprint density at radius 3 is 1.33 bits per heavy atom. The third-order valence-electron chi connectivity index (χ3n) is 9.22. The Bertz CT molecular complexity index is 1330. The Morgan fingerprint density at radius 1 is 0.652 bits per heavy atom. The van der Waals surface area contributed by atoms with E-state index in [0.717, 1.165) is 98.5 Å². The zero-order chi connectivity index (χ0) is 29.6. The number of fused-ring (bicyclic) bond motifs is 2. The fourth-order valence-electron chi connectivity index (χ4n) is 6.62. The Labute approximate surface area is 302 Å². The third kappa shape index (κ3) is 10.1. The average Bonchev–Trinajstić information content (AvgIpc) is 3.79. The number of nitrogens with zero attached hydrogens (tertiary/aromatic N) is 6. The van der Waals surface area contributed by atoms with Gasteiger partial charge in [-0.2, -0.15) is 73.2 Å². The Hall–Kier alpha value is -1.84. The van der Waals surface area contributed by atoms with Crippen molar-refractivity contribution in [3.63, 3.8) is 0 Å². The highest BCUT2D eigenvalue weighted by molar-refractivity contribution is 7.59. The lowest BCUT2D eigenvalue weighted by Gasteiger charge is -2.18. The van der Waals surface area contributed by atoms with Crippen molar-refractivity contribution >= 4 is 76.9 Å². The van der Waals surface area contributed by atoms with E-state index >= 15 is 0 Å². The molecule has 0 amide bonds. The summed E-state index contributed by atoms with van der Waals surface area (Å²) < 4.78 is 3.80. The largest absolute Gasteiger partial charge is 0.367 e. The molecule has 46 heavy (non-hydrogen) atoms. The van der Waals surface area contributed by atoms with E-state index in [9.17, 15) is 0 Å². The lowest BCUT2D eigenvalue weighted by molar-refractivity contribution is 0.621. The van der Waals surface area contributed by atoms with Crippen molar-refractivity contribution in [2.75, 3.05) is 10.6 Å². The van der Waals surface area contributed by atoms with Gasteiger partial charge in [-0.05, 0) is 64.2 Å². The van der Waals surface area contributed by atoms with Crippen molar-refractivity contribution in [1.82, 2.24) is 29.2 Å². The molecule has 0 spiro atoms. The molecule has 260 valence electrons. The molecule has 0 radical (unpaired) electrons. The van der Waals surface area contributed by atoms with Gasteiger partial charge in [-0.15, -0.1) is 0 Å². The van der Waals surface area contributed by atoms with Crippen LogP contribution in [0.2, 0.25) is 0 Å². The summed E-state index contributed by atoms with van der Waals surface area (Å²) in [6.07, 6.45) is 14.6. The minimum absolute atomic E-state index is 0. The normalized spacial score (nSPS) is 20.3. The number of nitrogens with two attached hydrogens (primary N) is 2. The van der Waals surface area contributed by atoms with Crippen LogP contribution < -0.4 is 22.1 Å². The van der Waals surface area contributed by atoms with Crippen LogP contribution in [0.25, 0.3) is 11.3 Å². The topological polar surface area (TPSA) is 136 Å². The maximum absolute atomic E-state index is 6.02. The molecule has 0 saturated heterocycles. The molecular formula is C32H58N10S4. The SMILES string of the molecule is CCC(CC)c1cc(N[C@H]2CC[C@H](N)C2)n2nccc2n1.CCC(CC)c1cc(N[C@H]2CC[C@H](N)C2)n2nccc2n1.S.S.S.S. The predicted molar refractivity (Wildman–Crippen MR) is 213 cm³/mol. The average molecular weight is 711 g/mol. The molecule has 6 N–H and O–H groups in total. The molecule has 2 saturated carbocycles. The van der Waals surface area contributed by atoms with Gasteiger partial charge < -0.3 is 22.1 Å². The zero-order valence-electron chi connectivity index (χ0n) is 27.8. The molecule has 14 heteroatoms. The van der Waals surface area contributed by atoms with E-state index in [1.54, 1.807) is 0 Å². The molecule has 4 aromatic heterocycles. The summed E-state index contributed by atoms with van der Waals surface area (Å²) in [5, 5.41) is 16.0. The first-order chi connectivity index (χ1) is 20.4. The first-order valence-corrected chi connectivity index (χ1v) is 16.2. The van der Waals surface area contributed by atoms with E-state index in [0.29, 0.717) is 36.0 Å². The minimum atomic E-state index is 0. The molecule has 0 aliphatic heterocycles. The Kier molecular flexibility index (Phi) is 18.2. The second-order valence-corrected chi connectivity index (χ2v) is 12.2. The van der Waals surface area contributed by atoms with E-state index in [1.165, 1.54) is 0 Å². The van der Waals surface area contributed by atoms with Gasteiger partial charge in [-0.1, -0.05) is 27.7 Å². The van der Waals surface area contributed by atoms with Crippen LogP contribution in [0.4, 0.5) is 11.6 Å². The Morgan fingerprint density at radius 2 is 1.02 bits per heavy atom. The smallest absolute Gasteiger partial charge is 0.157 e. The van der Waals surface area contributed by atoms with Gasteiger partial charge in [0.05, 0.1) is 12.4 Å². The van der Waals surface area contributed by atoms with Gasteiger partial charge in [0.25, 0.3) is 0 Å². The summed E-state index contributed by atoms with van der Waals surface area (Å²) >= 11 is 0. The van der Waals surface area contributed by atoms with Gasteiger partial charge in [0, 0.05) is 71.7 Å². The third-order valence-corrected chi connectivity index (χ3v) is 9.22. The summed E-state index contributed by atoms with van der Waals surface area (Å²) in [4.78, 5) is 9.53. The van der Waals surface area contributed by atoms with E-state index < -0.39 is 0 Å². The number of aromatic nitrogens is 6. The molecule has 0 bridgehead atoms. The number of nitrogens with one attached hydrogen (secondary N) is 2. The fraction of sp³-hybridized carbons (Fsp3) is 0.625. The van der Waals surface area contributed by atoms with Crippen LogP contribution in [0.5, 0.6) is 0 Å². The summed E-state index contributed by atoms with van der Waals surface area (Å²) in [7, 11) is 0.